The van der Waals surface area contributed by atoms with Gasteiger partial charge in [0.25, 0.3) is 10.1 Å². The van der Waals surface area contributed by atoms with E-state index in [-0.39, 0.29) is 37.7 Å². The van der Waals surface area contributed by atoms with Gasteiger partial charge in [-0.25, -0.2) is 0 Å². The van der Waals surface area contributed by atoms with Gasteiger partial charge in [-0.15, -0.1) is 0 Å². The molecule has 0 radical (unpaired) electrons. The van der Waals surface area contributed by atoms with Gasteiger partial charge in [-0.2, -0.15) is 34.8 Å². The molecule has 216 valence electrons. The van der Waals surface area contributed by atoms with Crippen LogP contribution >= 0.6 is 0 Å². The van der Waals surface area contributed by atoms with Crippen LogP contribution in [0.5, 0.6) is 0 Å². The van der Waals surface area contributed by atoms with Crippen LogP contribution in [0.1, 0.15) is 59.1 Å². The van der Waals surface area contributed by atoms with E-state index >= 15 is 0 Å². The van der Waals surface area contributed by atoms with E-state index in [2.05, 4.69) is 0 Å². The van der Waals surface area contributed by atoms with Crippen LogP contribution in [0.25, 0.3) is 0 Å². The number of halogens is 6. The van der Waals surface area contributed by atoms with E-state index in [0.29, 0.717) is 31.4 Å². The largest absolute Gasteiger partial charge is 0.416 e. The maximum Gasteiger partial charge on any atom is 0.416 e. The highest BCUT2D eigenvalue weighted by molar-refractivity contribution is 7.85. The van der Waals surface area contributed by atoms with Crippen LogP contribution < -0.4 is 0 Å². The Morgan fingerprint density at radius 2 is 1.59 bits per heavy atom. The maximum atomic E-state index is 13.4. The first kappa shape index (κ1) is 30.9. The van der Waals surface area contributed by atoms with Crippen LogP contribution in [-0.2, 0) is 43.3 Å². The monoisotopic (exact) mass is 579 g/mol. The summed E-state index contributed by atoms with van der Waals surface area (Å²) in [6.45, 7) is 4.04. The van der Waals surface area contributed by atoms with E-state index in [1.54, 1.807) is 0 Å². The SMILES string of the molecule is Cc1ccc(C)c([C@@]2(CCOS(C)(=O)=O)CCCCN(C(=O)Cc3cc(C(F)(F)F)cc(C(F)(F)F)c3)C2)c1. The fourth-order valence-electron chi connectivity index (χ4n) is 5.16. The van der Waals surface area contributed by atoms with Crippen molar-refractivity contribution in [2.45, 2.75) is 63.7 Å². The van der Waals surface area contributed by atoms with Gasteiger partial charge >= 0.3 is 12.4 Å². The van der Waals surface area contributed by atoms with Crippen molar-refractivity contribution in [3.05, 3.63) is 69.8 Å². The number of likely N-dealkylation sites (tertiary alicyclic amines) is 1. The molecule has 1 aliphatic heterocycles. The molecule has 1 aliphatic rings. The van der Waals surface area contributed by atoms with Crippen molar-refractivity contribution in [1.29, 1.82) is 0 Å². The van der Waals surface area contributed by atoms with Gasteiger partial charge in [0.15, 0.2) is 0 Å². The normalized spacial score (nSPS) is 19.2. The van der Waals surface area contributed by atoms with Crippen molar-refractivity contribution in [3.8, 4) is 0 Å². The summed E-state index contributed by atoms with van der Waals surface area (Å²) >= 11 is 0. The predicted molar refractivity (Wildman–Crippen MR) is 134 cm³/mol. The minimum Gasteiger partial charge on any atom is -0.342 e. The number of amides is 1. The molecule has 0 spiro atoms. The number of alkyl halides is 6. The van der Waals surface area contributed by atoms with Gasteiger partial charge in [0, 0.05) is 18.5 Å². The van der Waals surface area contributed by atoms with Crippen LogP contribution in [0.15, 0.2) is 36.4 Å². The third kappa shape index (κ3) is 8.20. The topological polar surface area (TPSA) is 63.7 Å². The summed E-state index contributed by atoms with van der Waals surface area (Å²) in [5.74, 6) is -0.608. The highest BCUT2D eigenvalue weighted by Gasteiger charge is 2.40. The lowest BCUT2D eigenvalue weighted by atomic mass is 9.72. The Labute approximate surface area is 224 Å². The summed E-state index contributed by atoms with van der Waals surface area (Å²) in [4.78, 5) is 14.8. The van der Waals surface area contributed by atoms with E-state index in [0.717, 1.165) is 22.9 Å². The number of hydrogen-bond acceptors (Lipinski definition) is 4. The Morgan fingerprint density at radius 3 is 2.15 bits per heavy atom. The van der Waals surface area contributed by atoms with E-state index in [9.17, 15) is 39.6 Å². The molecule has 0 bridgehead atoms. The predicted octanol–water partition coefficient (Wildman–Crippen LogP) is 6.20. The number of carbonyl (C=O) groups excluding carboxylic acids is 1. The lowest BCUT2D eigenvalue weighted by molar-refractivity contribution is -0.143. The van der Waals surface area contributed by atoms with Crippen molar-refractivity contribution in [2.75, 3.05) is 26.0 Å². The van der Waals surface area contributed by atoms with Crippen molar-refractivity contribution >= 4 is 16.0 Å². The molecule has 1 atom stereocenters. The molecule has 2 aromatic carbocycles. The molecule has 0 aromatic heterocycles. The van der Waals surface area contributed by atoms with Gasteiger partial charge < -0.3 is 4.90 Å². The summed E-state index contributed by atoms with van der Waals surface area (Å²) in [6.07, 6.45) is -7.65. The third-order valence-corrected chi connectivity index (χ3v) is 7.62. The summed E-state index contributed by atoms with van der Waals surface area (Å²) < 4.78 is 108. The van der Waals surface area contributed by atoms with Gasteiger partial charge in [-0.1, -0.05) is 30.2 Å². The van der Waals surface area contributed by atoms with E-state index in [4.69, 9.17) is 4.18 Å². The number of hydrogen-bond donors (Lipinski definition) is 0. The van der Waals surface area contributed by atoms with E-state index in [1.165, 1.54) is 4.90 Å². The Kier molecular flexibility index (Phi) is 9.11. The zero-order chi connectivity index (χ0) is 29.2. The smallest absolute Gasteiger partial charge is 0.342 e. The minimum absolute atomic E-state index is 0.0350. The Morgan fingerprint density at radius 1 is 0.974 bits per heavy atom. The molecular formula is C27H31F6NO4S. The van der Waals surface area contributed by atoms with Gasteiger partial charge in [-0.05, 0) is 68.0 Å². The molecular weight excluding hydrogens is 548 g/mol. The number of aryl methyl sites for hydroxylation is 2. The van der Waals surface area contributed by atoms with Crippen LogP contribution in [0.4, 0.5) is 26.3 Å². The zero-order valence-electron chi connectivity index (χ0n) is 21.9. The van der Waals surface area contributed by atoms with Crippen LogP contribution in [-0.4, -0.2) is 45.2 Å². The van der Waals surface area contributed by atoms with Crippen LogP contribution in [0, 0.1) is 13.8 Å². The first-order valence-corrected chi connectivity index (χ1v) is 14.2. The molecule has 5 nitrogen and oxygen atoms in total. The molecule has 1 fully saturated rings. The molecule has 3 rings (SSSR count). The molecule has 0 N–H and O–H groups in total. The first-order valence-electron chi connectivity index (χ1n) is 12.4. The van der Waals surface area contributed by atoms with Crippen molar-refractivity contribution in [1.82, 2.24) is 4.90 Å². The Hall–Kier alpha value is -2.60. The summed E-state index contributed by atoms with van der Waals surface area (Å²) in [5.41, 5.74) is -1.29. The number of nitrogens with zero attached hydrogens (tertiary/aromatic N) is 1. The summed E-state index contributed by atoms with van der Waals surface area (Å²) in [7, 11) is -3.73. The molecule has 1 heterocycles. The lowest BCUT2D eigenvalue weighted by Crippen LogP contribution is -2.44. The molecule has 12 heteroatoms. The maximum absolute atomic E-state index is 13.4. The molecule has 39 heavy (non-hydrogen) atoms. The Bertz CT molecular complexity index is 1270. The zero-order valence-corrected chi connectivity index (χ0v) is 22.7. The molecule has 0 aliphatic carbocycles. The second-order valence-electron chi connectivity index (χ2n) is 10.2. The summed E-state index contributed by atoms with van der Waals surface area (Å²) in [5, 5.41) is 0. The standard InChI is InChI=1S/C27H31F6NO4S/c1-18-6-7-19(2)23(12-18)25(9-11-38-39(3,36)37)8-4-5-10-34(17-25)24(35)15-20-13-21(26(28,29)30)16-22(14-20)27(31,32)33/h6-7,12-14,16H,4-5,8-11,15,17H2,1-3H3/t25-/m1/s1. The number of benzene rings is 2. The van der Waals surface area contributed by atoms with Gasteiger partial charge in [0.1, 0.15) is 0 Å². The second kappa shape index (κ2) is 11.5. The van der Waals surface area contributed by atoms with Crippen molar-refractivity contribution < 1.29 is 43.7 Å². The van der Waals surface area contributed by atoms with Gasteiger partial charge in [-0.3, -0.25) is 8.98 Å². The minimum atomic E-state index is -5.01. The van der Waals surface area contributed by atoms with Crippen LogP contribution in [0.3, 0.4) is 0 Å². The second-order valence-corrected chi connectivity index (χ2v) is 11.9. The third-order valence-electron chi connectivity index (χ3n) is 7.02. The van der Waals surface area contributed by atoms with Crippen LogP contribution in [0.2, 0.25) is 0 Å². The molecule has 1 saturated heterocycles. The van der Waals surface area contributed by atoms with Crippen molar-refractivity contribution in [2.24, 2.45) is 0 Å². The average molecular weight is 580 g/mol. The molecule has 0 saturated carbocycles. The summed E-state index contributed by atoms with van der Waals surface area (Å²) in [6, 6.07) is 6.98. The number of rotatable bonds is 7. The van der Waals surface area contributed by atoms with Gasteiger partial charge in [0.2, 0.25) is 5.91 Å². The lowest BCUT2D eigenvalue weighted by Gasteiger charge is -2.38. The first-order chi connectivity index (χ1) is 17.9. The Balaban J connectivity index is 1.97. The highest BCUT2D eigenvalue weighted by Crippen LogP contribution is 2.40. The molecule has 1 amide bonds. The number of carbonyl (C=O) groups is 1. The quantitative estimate of drug-likeness (QED) is 0.290. The fraction of sp³-hybridized carbons (Fsp3) is 0.519. The van der Waals surface area contributed by atoms with E-state index < -0.39 is 51.3 Å². The fourth-order valence-corrected chi connectivity index (χ4v) is 5.55. The molecule has 0 unspecified atom stereocenters. The highest BCUT2D eigenvalue weighted by atomic mass is 32.2. The average Bonchev–Trinajstić information content (AvgIpc) is 3.02. The van der Waals surface area contributed by atoms with E-state index in [1.807, 2.05) is 32.0 Å². The molecule has 2 aromatic rings. The van der Waals surface area contributed by atoms with Gasteiger partial charge in [0.05, 0.1) is 30.4 Å². The van der Waals surface area contributed by atoms with Crippen molar-refractivity contribution in [3.63, 3.8) is 0 Å².